The van der Waals surface area contributed by atoms with Gasteiger partial charge in [0, 0.05) is 0 Å². The highest BCUT2D eigenvalue weighted by molar-refractivity contribution is 7.52. The van der Waals surface area contributed by atoms with Gasteiger partial charge in [0.2, 0.25) is 8.32 Å². The SMILES string of the molecule is C[Si](C)(C)OC(=O)CNP1(=O)Oc2ccccc2O1. The van der Waals surface area contributed by atoms with Gasteiger partial charge in [-0.25, -0.2) is 4.57 Å². The zero-order chi connectivity index (χ0) is 14.1. The summed E-state index contributed by atoms with van der Waals surface area (Å²) in [6.45, 7) is 5.47. The second-order valence-electron chi connectivity index (χ2n) is 5.05. The van der Waals surface area contributed by atoms with E-state index >= 15 is 0 Å². The Morgan fingerprint density at radius 3 is 2.26 bits per heavy atom. The van der Waals surface area contributed by atoms with Crippen molar-refractivity contribution in [3.63, 3.8) is 0 Å². The molecule has 0 unspecified atom stereocenters. The van der Waals surface area contributed by atoms with Gasteiger partial charge in [-0.15, -0.1) is 0 Å². The zero-order valence-corrected chi connectivity index (χ0v) is 12.9. The van der Waals surface area contributed by atoms with Crippen LogP contribution in [0.15, 0.2) is 24.3 Å². The van der Waals surface area contributed by atoms with Crippen LogP contribution in [0.4, 0.5) is 0 Å². The third-order valence-corrected chi connectivity index (χ3v) is 4.38. The predicted octanol–water partition coefficient (Wildman–Crippen LogP) is 2.53. The molecular weight excluding hydrogens is 285 g/mol. The lowest BCUT2D eigenvalue weighted by atomic mass is 10.3. The molecule has 0 aliphatic carbocycles. The van der Waals surface area contributed by atoms with E-state index in [-0.39, 0.29) is 6.54 Å². The van der Waals surface area contributed by atoms with Crippen molar-refractivity contribution in [1.29, 1.82) is 0 Å². The molecule has 1 heterocycles. The molecule has 0 saturated carbocycles. The van der Waals surface area contributed by atoms with E-state index in [9.17, 15) is 9.36 Å². The quantitative estimate of drug-likeness (QED) is 0.680. The summed E-state index contributed by atoms with van der Waals surface area (Å²) < 4.78 is 27.8. The summed E-state index contributed by atoms with van der Waals surface area (Å²) in [5.41, 5.74) is 0. The lowest BCUT2D eigenvalue weighted by Gasteiger charge is -2.18. The number of nitrogens with one attached hydrogen (secondary N) is 1. The third-order valence-electron chi connectivity index (χ3n) is 2.12. The molecule has 1 N–H and O–H groups in total. The highest BCUT2D eigenvalue weighted by Crippen LogP contribution is 2.55. The number of hydrogen-bond donors (Lipinski definition) is 1. The lowest BCUT2D eigenvalue weighted by molar-refractivity contribution is -0.133. The maximum atomic E-state index is 12.2. The van der Waals surface area contributed by atoms with Crippen molar-refractivity contribution >= 4 is 22.0 Å². The standard InChI is InChI=1S/C11H16NO5PSi/c1-19(2,3)17-11(13)8-12-18(14)15-9-6-4-5-7-10(9)16-18/h4-7H,8H2,1-3H3,(H,12,14). The van der Waals surface area contributed by atoms with Gasteiger partial charge in [0.05, 0.1) is 0 Å². The fourth-order valence-corrected chi connectivity index (χ4v) is 3.55. The van der Waals surface area contributed by atoms with Crippen LogP contribution in [0.3, 0.4) is 0 Å². The molecule has 104 valence electrons. The molecule has 0 fully saturated rings. The van der Waals surface area contributed by atoms with E-state index in [1.165, 1.54) is 0 Å². The number of hydrogen-bond acceptors (Lipinski definition) is 5. The first-order valence-electron chi connectivity index (χ1n) is 5.83. The van der Waals surface area contributed by atoms with Crippen LogP contribution in [-0.2, 0) is 13.8 Å². The number of fused-ring (bicyclic) bond motifs is 1. The summed E-state index contributed by atoms with van der Waals surface area (Å²) in [6, 6.07) is 6.79. The summed E-state index contributed by atoms with van der Waals surface area (Å²) in [5.74, 6) is 0.339. The van der Waals surface area contributed by atoms with Crippen LogP contribution in [0.2, 0.25) is 19.6 Å². The van der Waals surface area contributed by atoms with E-state index in [1.54, 1.807) is 24.3 Å². The van der Waals surface area contributed by atoms with Crippen LogP contribution < -0.4 is 14.1 Å². The first-order chi connectivity index (χ1) is 8.77. The van der Waals surface area contributed by atoms with Gasteiger partial charge in [0.1, 0.15) is 6.54 Å². The van der Waals surface area contributed by atoms with E-state index in [0.29, 0.717) is 11.5 Å². The molecule has 0 amide bonds. The van der Waals surface area contributed by atoms with Crippen molar-refractivity contribution < 1.29 is 22.8 Å². The normalized spacial score (nSPS) is 16.2. The Kier molecular flexibility index (Phi) is 3.71. The van der Waals surface area contributed by atoms with Crippen molar-refractivity contribution in [2.75, 3.05) is 6.54 Å². The Hall–Kier alpha value is -1.30. The van der Waals surface area contributed by atoms with Gasteiger partial charge in [-0.05, 0) is 31.8 Å². The van der Waals surface area contributed by atoms with Crippen molar-refractivity contribution in [2.24, 2.45) is 0 Å². The summed E-state index contributed by atoms with van der Waals surface area (Å²) in [4.78, 5) is 11.5. The Labute approximate surface area is 112 Å². The van der Waals surface area contributed by atoms with Gasteiger partial charge in [-0.3, -0.25) is 4.79 Å². The van der Waals surface area contributed by atoms with Gasteiger partial charge in [0.25, 0.3) is 0 Å². The van der Waals surface area contributed by atoms with Gasteiger partial charge in [0.15, 0.2) is 11.5 Å². The molecule has 1 aromatic rings. The lowest BCUT2D eigenvalue weighted by Crippen LogP contribution is -2.34. The molecule has 2 rings (SSSR count). The maximum absolute atomic E-state index is 12.2. The molecule has 1 aromatic carbocycles. The fourth-order valence-electron chi connectivity index (χ4n) is 1.48. The number of para-hydroxylation sites is 2. The Bertz CT molecular complexity index is 513. The largest absolute Gasteiger partial charge is 0.519 e. The molecular formula is C11H16NO5PSi. The second kappa shape index (κ2) is 5.00. The highest BCUT2D eigenvalue weighted by atomic mass is 31.2. The molecule has 1 aliphatic rings. The summed E-state index contributed by atoms with van der Waals surface area (Å²) in [5, 5.41) is 2.49. The molecule has 1 aliphatic heterocycles. The molecule has 0 atom stereocenters. The zero-order valence-electron chi connectivity index (χ0n) is 11.0. The Balaban J connectivity index is 1.92. The smallest absolute Gasteiger partial charge is 0.513 e. The van der Waals surface area contributed by atoms with Crippen LogP contribution >= 0.6 is 7.75 Å². The van der Waals surface area contributed by atoms with Crippen LogP contribution in [-0.4, -0.2) is 20.8 Å². The molecule has 0 spiro atoms. The number of benzene rings is 1. The number of rotatable bonds is 4. The van der Waals surface area contributed by atoms with Crippen molar-refractivity contribution in [3.8, 4) is 11.5 Å². The van der Waals surface area contributed by atoms with Crippen molar-refractivity contribution in [2.45, 2.75) is 19.6 Å². The monoisotopic (exact) mass is 301 g/mol. The van der Waals surface area contributed by atoms with Gasteiger partial charge >= 0.3 is 13.7 Å². The Morgan fingerprint density at radius 2 is 1.79 bits per heavy atom. The van der Waals surface area contributed by atoms with E-state index in [1.807, 2.05) is 19.6 Å². The fraction of sp³-hybridized carbons (Fsp3) is 0.364. The van der Waals surface area contributed by atoms with Crippen LogP contribution in [0.5, 0.6) is 11.5 Å². The molecule has 0 aromatic heterocycles. The minimum absolute atomic E-state index is 0.213. The maximum Gasteiger partial charge on any atom is 0.513 e. The summed E-state index contributed by atoms with van der Waals surface area (Å²) in [6.07, 6.45) is 0. The summed E-state index contributed by atoms with van der Waals surface area (Å²) >= 11 is 0. The first-order valence-corrected chi connectivity index (χ1v) is 10.8. The van der Waals surface area contributed by atoms with Crippen LogP contribution in [0.25, 0.3) is 0 Å². The molecule has 8 heteroatoms. The minimum atomic E-state index is -3.51. The molecule has 19 heavy (non-hydrogen) atoms. The third kappa shape index (κ3) is 3.83. The van der Waals surface area contributed by atoms with E-state index in [0.717, 1.165) is 0 Å². The number of carbonyl (C=O) groups is 1. The van der Waals surface area contributed by atoms with Gasteiger partial charge in [-0.2, -0.15) is 5.09 Å². The average Bonchev–Trinajstić information content (AvgIpc) is 2.61. The van der Waals surface area contributed by atoms with Crippen LogP contribution in [0.1, 0.15) is 0 Å². The molecule has 6 nitrogen and oxygen atoms in total. The predicted molar refractivity (Wildman–Crippen MR) is 72.7 cm³/mol. The van der Waals surface area contributed by atoms with Crippen molar-refractivity contribution in [3.05, 3.63) is 24.3 Å². The van der Waals surface area contributed by atoms with E-state index in [4.69, 9.17) is 13.5 Å². The van der Waals surface area contributed by atoms with Gasteiger partial charge in [-0.1, -0.05) is 12.1 Å². The Morgan fingerprint density at radius 1 is 1.26 bits per heavy atom. The summed E-state index contributed by atoms with van der Waals surface area (Å²) in [7, 11) is -5.45. The first kappa shape index (κ1) is 14.1. The van der Waals surface area contributed by atoms with E-state index < -0.39 is 22.0 Å². The highest BCUT2D eigenvalue weighted by Gasteiger charge is 2.37. The minimum Gasteiger partial charge on any atom is -0.519 e. The number of carbonyl (C=O) groups excluding carboxylic acids is 1. The average molecular weight is 301 g/mol. The molecule has 0 radical (unpaired) electrons. The van der Waals surface area contributed by atoms with E-state index in [2.05, 4.69) is 5.09 Å². The molecule has 0 bridgehead atoms. The molecule has 0 saturated heterocycles. The van der Waals surface area contributed by atoms with Gasteiger partial charge < -0.3 is 13.5 Å². The van der Waals surface area contributed by atoms with Crippen LogP contribution in [0, 0.1) is 0 Å². The second-order valence-corrected chi connectivity index (χ2v) is 11.2. The topological polar surface area (TPSA) is 73.9 Å². The van der Waals surface area contributed by atoms with Crippen molar-refractivity contribution in [1.82, 2.24) is 5.09 Å².